The maximum absolute atomic E-state index is 13.3. The van der Waals surface area contributed by atoms with Crippen LogP contribution in [0, 0.1) is 24.1 Å². The van der Waals surface area contributed by atoms with Gasteiger partial charge in [-0.1, -0.05) is 32.0 Å². The Morgan fingerprint density at radius 1 is 1.12 bits per heavy atom. The molecule has 0 atom stereocenters. The molecule has 0 fully saturated rings. The fourth-order valence-electron chi connectivity index (χ4n) is 3.06. The van der Waals surface area contributed by atoms with E-state index in [0.29, 0.717) is 28.3 Å². The first kappa shape index (κ1) is 24.6. The minimum Gasteiger partial charge on any atom is -0.457 e. The fraction of sp³-hybridized carbons (Fsp3) is 0.217. The Balaban J connectivity index is 0.00000176. The van der Waals surface area contributed by atoms with Crippen LogP contribution in [0.5, 0.6) is 11.5 Å². The van der Waals surface area contributed by atoms with E-state index >= 15 is 0 Å². The lowest BCUT2D eigenvalue weighted by Gasteiger charge is -2.10. The van der Waals surface area contributed by atoms with Gasteiger partial charge < -0.3 is 9.30 Å². The van der Waals surface area contributed by atoms with Gasteiger partial charge in [-0.05, 0) is 36.8 Å². The van der Waals surface area contributed by atoms with Gasteiger partial charge in [0.15, 0.2) is 0 Å². The minimum atomic E-state index is -3.79. The Bertz CT molecular complexity index is 1270. The Morgan fingerprint density at radius 3 is 2.28 bits per heavy atom. The van der Waals surface area contributed by atoms with E-state index in [2.05, 4.69) is 6.07 Å². The molecule has 2 aromatic carbocycles. The molecule has 168 valence electrons. The van der Waals surface area contributed by atoms with Crippen molar-refractivity contribution in [3.63, 3.8) is 0 Å². The zero-order valence-corrected chi connectivity index (χ0v) is 19.2. The van der Waals surface area contributed by atoms with Gasteiger partial charge in [0.05, 0.1) is 11.8 Å². The molecule has 0 aliphatic heterocycles. The number of nitrogens with one attached hydrogen (secondary N) is 1. The summed E-state index contributed by atoms with van der Waals surface area (Å²) in [5, 5.41) is 9.61. The lowest BCUT2D eigenvalue weighted by Crippen LogP contribution is -2.31. The molecule has 3 aromatic rings. The van der Waals surface area contributed by atoms with Crippen molar-refractivity contribution < 1.29 is 22.3 Å². The van der Waals surface area contributed by atoms with Gasteiger partial charge in [-0.2, -0.15) is 5.26 Å². The maximum atomic E-state index is 13.3. The van der Waals surface area contributed by atoms with Crippen molar-refractivity contribution in [1.82, 2.24) is 9.29 Å². The first-order valence-electron chi connectivity index (χ1n) is 9.76. The van der Waals surface area contributed by atoms with E-state index in [1.54, 1.807) is 44.3 Å². The molecule has 1 amide bonds. The van der Waals surface area contributed by atoms with Gasteiger partial charge in [-0.3, -0.25) is 4.79 Å². The average Bonchev–Trinajstić information content (AvgIpc) is 2.99. The standard InChI is InChI=1S/C21H18FN3O4S.C2H6/c1-13-18(12-23)19(20(25(13)2)21(26)24-30(3,27)28)14-7-9-16(10-8-14)29-17-6-4-5-15(22)11-17;1-2/h4-11H,1-3H3,(H,24,26);1-2H3. The van der Waals surface area contributed by atoms with Crippen molar-refractivity contribution in [3.05, 3.63) is 71.3 Å². The van der Waals surface area contributed by atoms with Crippen LogP contribution < -0.4 is 9.46 Å². The molecule has 0 bridgehead atoms. The number of hydrogen-bond acceptors (Lipinski definition) is 5. The molecule has 3 rings (SSSR count). The van der Waals surface area contributed by atoms with Gasteiger partial charge in [0.2, 0.25) is 10.0 Å². The number of rotatable bonds is 5. The molecule has 1 aromatic heterocycles. The number of ether oxygens (including phenoxy) is 1. The van der Waals surface area contributed by atoms with Crippen LogP contribution in [-0.4, -0.2) is 25.1 Å². The molecule has 0 radical (unpaired) electrons. The minimum absolute atomic E-state index is 0.0493. The van der Waals surface area contributed by atoms with E-state index in [1.165, 1.54) is 22.8 Å². The summed E-state index contributed by atoms with van der Waals surface area (Å²) in [6, 6.07) is 14.3. The van der Waals surface area contributed by atoms with Crippen molar-refractivity contribution >= 4 is 15.9 Å². The highest BCUT2D eigenvalue weighted by molar-refractivity contribution is 7.89. The first-order chi connectivity index (χ1) is 15.1. The average molecular weight is 458 g/mol. The van der Waals surface area contributed by atoms with Crippen LogP contribution in [0.3, 0.4) is 0 Å². The summed E-state index contributed by atoms with van der Waals surface area (Å²) in [6.07, 6.45) is 0.879. The number of amides is 1. The van der Waals surface area contributed by atoms with Gasteiger partial charge in [0.25, 0.3) is 5.91 Å². The number of sulfonamides is 1. The molecule has 0 unspecified atom stereocenters. The Labute approximate surface area is 187 Å². The summed E-state index contributed by atoms with van der Waals surface area (Å²) in [5.41, 5.74) is 1.67. The van der Waals surface area contributed by atoms with Gasteiger partial charge in [0.1, 0.15) is 29.1 Å². The molecule has 1 heterocycles. The van der Waals surface area contributed by atoms with Crippen molar-refractivity contribution in [2.24, 2.45) is 7.05 Å². The molecule has 0 aliphatic carbocycles. The number of halogens is 1. The van der Waals surface area contributed by atoms with Crippen LogP contribution in [0.4, 0.5) is 4.39 Å². The molecular formula is C23H24FN3O4S. The number of hydrogen-bond donors (Lipinski definition) is 1. The summed E-state index contributed by atoms with van der Waals surface area (Å²) < 4.78 is 45.4. The molecule has 0 saturated carbocycles. The number of aromatic nitrogens is 1. The number of nitrogens with zero attached hydrogens (tertiary/aromatic N) is 2. The van der Waals surface area contributed by atoms with Crippen molar-refractivity contribution in [2.75, 3.05) is 6.26 Å². The van der Waals surface area contributed by atoms with Gasteiger partial charge in [-0.25, -0.2) is 17.5 Å². The molecule has 9 heteroatoms. The van der Waals surface area contributed by atoms with E-state index in [-0.39, 0.29) is 11.3 Å². The predicted molar refractivity (Wildman–Crippen MR) is 120 cm³/mol. The summed E-state index contributed by atoms with van der Waals surface area (Å²) in [6.45, 7) is 5.67. The van der Waals surface area contributed by atoms with Crippen molar-refractivity contribution in [3.8, 4) is 28.7 Å². The molecular weight excluding hydrogens is 433 g/mol. The summed E-state index contributed by atoms with van der Waals surface area (Å²) in [7, 11) is -2.21. The third kappa shape index (κ3) is 5.53. The van der Waals surface area contributed by atoms with E-state index in [1.807, 2.05) is 18.6 Å². The highest BCUT2D eigenvalue weighted by Crippen LogP contribution is 2.33. The highest BCUT2D eigenvalue weighted by Gasteiger charge is 2.26. The summed E-state index contributed by atoms with van der Waals surface area (Å²) >= 11 is 0. The van der Waals surface area contributed by atoms with E-state index < -0.39 is 21.7 Å². The lowest BCUT2D eigenvalue weighted by atomic mass is 10.0. The third-order valence-corrected chi connectivity index (χ3v) is 5.02. The van der Waals surface area contributed by atoms with Crippen LogP contribution in [0.1, 0.15) is 35.6 Å². The van der Waals surface area contributed by atoms with Crippen LogP contribution >= 0.6 is 0 Å². The second kappa shape index (κ2) is 10.1. The Kier molecular flexibility index (Phi) is 7.78. The molecule has 0 saturated heterocycles. The zero-order valence-electron chi connectivity index (χ0n) is 18.4. The second-order valence-corrected chi connectivity index (χ2v) is 8.39. The van der Waals surface area contributed by atoms with E-state index in [9.17, 15) is 22.9 Å². The van der Waals surface area contributed by atoms with Crippen LogP contribution in [0.15, 0.2) is 48.5 Å². The smallest absolute Gasteiger partial charge is 0.282 e. The van der Waals surface area contributed by atoms with E-state index in [0.717, 1.165) is 6.26 Å². The predicted octanol–water partition coefficient (Wildman–Crippen LogP) is 4.52. The molecule has 0 spiro atoms. The van der Waals surface area contributed by atoms with Crippen LogP contribution in [-0.2, 0) is 17.1 Å². The van der Waals surface area contributed by atoms with Gasteiger partial charge in [0, 0.05) is 24.4 Å². The third-order valence-electron chi connectivity index (χ3n) is 4.47. The molecule has 0 aliphatic rings. The lowest BCUT2D eigenvalue weighted by molar-refractivity contribution is 0.0974. The van der Waals surface area contributed by atoms with Gasteiger partial charge in [-0.15, -0.1) is 0 Å². The monoisotopic (exact) mass is 457 g/mol. The summed E-state index contributed by atoms with van der Waals surface area (Å²) in [4.78, 5) is 12.6. The maximum Gasteiger partial charge on any atom is 0.282 e. The largest absolute Gasteiger partial charge is 0.457 e. The Hall–Kier alpha value is -3.64. The topological polar surface area (TPSA) is 101 Å². The number of carbonyl (C=O) groups excluding carboxylic acids is 1. The molecule has 32 heavy (non-hydrogen) atoms. The normalized spacial score (nSPS) is 10.5. The van der Waals surface area contributed by atoms with Gasteiger partial charge >= 0.3 is 0 Å². The Morgan fingerprint density at radius 2 is 1.75 bits per heavy atom. The van der Waals surface area contributed by atoms with Crippen LogP contribution in [0.25, 0.3) is 11.1 Å². The van der Waals surface area contributed by atoms with Crippen LogP contribution in [0.2, 0.25) is 0 Å². The molecule has 7 nitrogen and oxygen atoms in total. The number of carbonyl (C=O) groups is 1. The second-order valence-electron chi connectivity index (χ2n) is 6.64. The SMILES string of the molecule is CC.Cc1c(C#N)c(-c2ccc(Oc3cccc(F)c3)cc2)c(C(=O)NS(C)(=O)=O)n1C. The molecule has 1 N–H and O–H groups in total. The highest BCUT2D eigenvalue weighted by atomic mass is 32.2. The van der Waals surface area contributed by atoms with Crippen molar-refractivity contribution in [1.29, 1.82) is 5.26 Å². The van der Waals surface area contributed by atoms with E-state index in [4.69, 9.17) is 4.74 Å². The number of nitriles is 1. The number of benzene rings is 2. The summed E-state index contributed by atoms with van der Waals surface area (Å²) in [5.74, 6) is -0.509. The van der Waals surface area contributed by atoms with Crippen molar-refractivity contribution in [2.45, 2.75) is 20.8 Å². The zero-order chi connectivity index (χ0) is 24.1. The first-order valence-corrected chi connectivity index (χ1v) is 11.6. The quantitative estimate of drug-likeness (QED) is 0.607. The fourth-order valence-corrected chi connectivity index (χ4v) is 3.49.